The number of aromatic amines is 1. The summed E-state index contributed by atoms with van der Waals surface area (Å²) in [5.41, 5.74) is 2.47. The fraction of sp³-hybridized carbons (Fsp3) is 0.588. The third-order valence-corrected chi connectivity index (χ3v) is 5.09. The Hall–Kier alpha value is -1.95. The minimum absolute atomic E-state index is 0.518. The summed E-state index contributed by atoms with van der Waals surface area (Å²) in [5, 5.41) is 7.14. The lowest BCUT2D eigenvalue weighted by atomic mass is 10.2. The summed E-state index contributed by atoms with van der Waals surface area (Å²) < 4.78 is 0. The lowest BCUT2D eigenvalue weighted by molar-refractivity contribution is 0.325. The maximum atomic E-state index is 4.78. The van der Waals surface area contributed by atoms with Crippen LogP contribution in [0.5, 0.6) is 0 Å². The van der Waals surface area contributed by atoms with Crippen molar-refractivity contribution in [3.63, 3.8) is 0 Å². The van der Waals surface area contributed by atoms with Gasteiger partial charge in [-0.3, -0.25) is 10.00 Å². The van der Waals surface area contributed by atoms with Gasteiger partial charge in [-0.15, -0.1) is 0 Å². The number of anilines is 1. The van der Waals surface area contributed by atoms with E-state index in [4.69, 9.17) is 4.98 Å². The molecule has 0 aromatic carbocycles. The van der Waals surface area contributed by atoms with E-state index in [-0.39, 0.29) is 0 Å². The van der Waals surface area contributed by atoms with Crippen molar-refractivity contribution in [3.05, 3.63) is 35.5 Å². The Balaban J connectivity index is 1.40. The molecule has 2 aliphatic rings. The summed E-state index contributed by atoms with van der Waals surface area (Å²) in [5.74, 6) is 2.69. The fourth-order valence-electron chi connectivity index (χ4n) is 3.33. The van der Waals surface area contributed by atoms with Gasteiger partial charge < -0.3 is 4.90 Å². The minimum atomic E-state index is 0.518. The van der Waals surface area contributed by atoms with Crippen molar-refractivity contribution in [2.75, 3.05) is 25.0 Å². The highest BCUT2D eigenvalue weighted by Crippen LogP contribution is 2.38. The van der Waals surface area contributed by atoms with E-state index in [9.17, 15) is 0 Å². The first-order chi connectivity index (χ1) is 11.2. The zero-order valence-electron chi connectivity index (χ0n) is 13.9. The number of rotatable bonds is 5. The standard InChI is InChI=1S/C17H24N6/c1-12-14(9-19-21-12)10-23-8-6-15(11-23)22(2)16-5-7-18-17(20-16)13-3-4-13/h5,7,9,13,15H,3-4,6,8,10-11H2,1-2H3,(H,19,21). The Bertz CT molecular complexity index is 677. The molecule has 0 radical (unpaired) electrons. The first kappa shape index (κ1) is 14.6. The van der Waals surface area contributed by atoms with E-state index in [0.29, 0.717) is 12.0 Å². The van der Waals surface area contributed by atoms with Gasteiger partial charge in [0.15, 0.2) is 0 Å². The van der Waals surface area contributed by atoms with Gasteiger partial charge >= 0.3 is 0 Å². The van der Waals surface area contributed by atoms with Gasteiger partial charge in [0, 0.05) is 56.1 Å². The highest BCUT2D eigenvalue weighted by molar-refractivity contribution is 5.39. The molecular formula is C17H24N6. The average Bonchev–Trinajstić information content (AvgIpc) is 3.20. The van der Waals surface area contributed by atoms with Crippen LogP contribution in [-0.2, 0) is 6.54 Å². The summed E-state index contributed by atoms with van der Waals surface area (Å²) >= 11 is 0. The van der Waals surface area contributed by atoms with E-state index < -0.39 is 0 Å². The van der Waals surface area contributed by atoms with Gasteiger partial charge in [-0.1, -0.05) is 0 Å². The average molecular weight is 312 g/mol. The normalized spacial score (nSPS) is 21.7. The van der Waals surface area contributed by atoms with Crippen molar-refractivity contribution in [2.45, 2.75) is 44.7 Å². The predicted octanol–water partition coefficient (Wildman–Crippen LogP) is 2.10. The second-order valence-corrected chi connectivity index (χ2v) is 6.86. The number of H-pyrrole nitrogens is 1. The molecule has 1 saturated heterocycles. The van der Waals surface area contributed by atoms with Crippen LogP contribution in [0, 0.1) is 6.92 Å². The maximum absolute atomic E-state index is 4.78. The van der Waals surface area contributed by atoms with Gasteiger partial charge in [0.2, 0.25) is 0 Å². The molecule has 1 atom stereocenters. The van der Waals surface area contributed by atoms with Crippen LogP contribution in [0.3, 0.4) is 0 Å². The van der Waals surface area contributed by atoms with Crippen LogP contribution in [0.15, 0.2) is 18.5 Å². The number of aromatic nitrogens is 4. The van der Waals surface area contributed by atoms with Gasteiger partial charge in [0.1, 0.15) is 11.6 Å². The Morgan fingerprint density at radius 3 is 2.96 bits per heavy atom. The first-order valence-corrected chi connectivity index (χ1v) is 8.47. The molecule has 23 heavy (non-hydrogen) atoms. The molecule has 1 saturated carbocycles. The summed E-state index contributed by atoms with van der Waals surface area (Å²) in [6, 6.07) is 2.55. The van der Waals surface area contributed by atoms with Crippen LogP contribution in [0.2, 0.25) is 0 Å². The number of nitrogens with one attached hydrogen (secondary N) is 1. The molecule has 2 aromatic heterocycles. The van der Waals surface area contributed by atoms with E-state index in [2.05, 4.69) is 39.0 Å². The van der Waals surface area contributed by atoms with Gasteiger partial charge in [0.25, 0.3) is 0 Å². The molecule has 6 nitrogen and oxygen atoms in total. The van der Waals surface area contributed by atoms with E-state index in [1.807, 2.05) is 18.5 Å². The van der Waals surface area contributed by atoms with Crippen molar-refractivity contribution in [2.24, 2.45) is 0 Å². The Kier molecular flexibility index (Phi) is 3.77. The lowest BCUT2D eigenvalue weighted by Crippen LogP contribution is -2.35. The zero-order chi connectivity index (χ0) is 15.8. The van der Waals surface area contributed by atoms with E-state index in [0.717, 1.165) is 31.3 Å². The SMILES string of the molecule is Cc1[nH]ncc1CN1CCC(N(C)c2ccnc(C3CC3)n2)C1. The fourth-order valence-corrected chi connectivity index (χ4v) is 3.33. The second kappa shape index (κ2) is 5.92. The zero-order valence-corrected chi connectivity index (χ0v) is 13.9. The Morgan fingerprint density at radius 2 is 2.22 bits per heavy atom. The van der Waals surface area contributed by atoms with Crippen LogP contribution in [-0.4, -0.2) is 51.2 Å². The third-order valence-electron chi connectivity index (χ3n) is 5.09. The smallest absolute Gasteiger partial charge is 0.133 e. The molecule has 1 N–H and O–H groups in total. The van der Waals surface area contributed by atoms with Crippen LogP contribution in [0.25, 0.3) is 0 Å². The largest absolute Gasteiger partial charge is 0.355 e. The van der Waals surface area contributed by atoms with Gasteiger partial charge in [-0.25, -0.2) is 9.97 Å². The van der Waals surface area contributed by atoms with E-state index in [1.165, 1.54) is 30.5 Å². The molecule has 1 unspecified atom stereocenters. The topological polar surface area (TPSA) is 60.9 Å². The quantitative estimate of drug-likeness (QED) is 0.916. The highest BCUT2D eigenvalue weighted by atomic mass is 15.3. The maximum Gasteiger partial charge on any atom is 0.133 e. The summed E-state index contributed by atoms with van der Waals surface area (Å²) in [7, 11) is 2.16. The van der Waals surface area contributed by atoms with Crippen LogP contribution >= 0.6 is 0 Å². The van der Waals surface area contributed by atoms with Gasteiger partial charge in [-0.05, 0) is 32.3 Å². The van der Waals surface area contributed by atoms with Crippen molar-refractivity contribution in [1.29, 1.82) is 0 Å². The van der Waals surface area contributed by atoms with Crippen LogP contribution < -0.4 is 4.90 Å². The molecule has 2 aromatic rings. The molecule has 0 spiro atoms. The molecule has 0 amide bonds. The molecule has 0 bridgehead atoms. The Morgan fingerprint density at radius 1 is 1.35 bits per heavy atom. The summed E-state index contributed by atoms with van der Waals surface area (Å²) in [6.45, 7) is 5.26. The molecule has 1 aliphatic heterocycles. The minimum Gasteiger partial charge on any atom is -0.355 e. The molecule has 122 valence electrons. The molecule has 4 rings (SSSR count). The van der Waals surface area contributed by atoms with E-state index in [1.54, 1.807) is 0 Å². The molecular weight excluding hydrogens is 288 g/mol. The van der Waals surface area contributed by atoms with Crippen LogP contribution in [0.1, 0.15) is 42.3 Å². The third kappa shape index (κ3) is 3.08. The predicted molar refractivity (Wildman–Crippen MR) is 89.4 cm³/mol. The number of hydrogen-bond donors (Lipinski definition) is 1. The van der Waals surface area contributed by atoms with E-state index >= 15 is 0 Å². The number of likely N-dealkylation sites (N-methyl/N-ethyl adjacent to an activating group) is 1. The number of hydrogen-bond acceptors (Lipinski definition) is 5. The van der Waals surface area contributed by atoms with Crippen molar-refractivity contribution in [3.8, 4) is 0 Å². The summed E-state index contributed by atoms with van der Waals surface area (Å²) in [4.78, 5) is 14.0. The first-order valence-electron chi connectivity index (χ1n) is 8.47. The highest BCUT2D eigenvalue weighted by Gasteiger charge is 2.29. The molecule has 3 heterocycles. The van der Waals surface area contributed by atoms with Crippen molar-refractivity contribution in [1.82, 2.24) is 25.1 Å². The van der Waals surface area contributed by atoms with Gasteiger partial charge in [0.05, 0.1) is 6.20 Å². The molecule has 6 heteroatoms. The number of nitrogens with zero attached hydrogens (tertiary/aromatic N) is 5. The van der Waals surface area contributed by atoms with Gasteiger partial charge in [-0.2, -0.15) is 5.10 Å². The van der Waals surface area contributed by atoms with Crippen LogP contribution in [0.4, 0.5) is 5.82 Å². The number of aryl methyl sites for hydroxylation is 1. The second-order valence-electron chi connectivity index (χ2n) is 6.86. The summed E-state index contributed by atoms with van der Waals surface area (Å²) in [6.07, 6.45) is 7.52. The number of likely N-dealkylation sites (tertiary alicyclic amines) is 1. The van der Waals surface area contributed by atoms with Crippen molar-refractivity contribution < 1.29 is 0 Å². The molecule has 2 fully saturated rings. The monoisotopic (exact) mass is 312 g/mol. The lowest BCUT2D eigenvalue weighted by Gasteiger charge is -2.26. The Labute approximate surface area is 136 Å². The molecule has 1 aliphatic carbocycles. The van der Waals surface area contributed by atoms with Crippen molar-refractivity contribution >= 4 is 5.82 Å².